The Labute approximate surface area is 212 Å². The fourth-order valence-electron chi connectivity index (χ4n) is 3.85. The number of esters is 1. The van der Waals surface area contributed by atoms with Crippen molar-refractivity contribution >= 4 is 56.0 Å². The first-order valence-corrected chi connectivity index (χ1v) is 12.2. The third-order valence-electron chi connectivity index (χ3n) is 5.44. The topological polar surface area (TPSA) is 109 Å². The molecule has 4 rings (SSSR count). The van der Waals surface area contributed by atoms with E-state index in [0.717, 1.165) is 27.1 Å². The van der Waals surface area contributed by atoms with Crippen molar-refractivity contribution in [3.63, 3.8) is 0 Å². The Morgan fingerprint density at radius 2 is 1.53 bits per heavy atom. The lowest BCUT2D eigenvalue weighted by Gasteiger charge is -2.12. The van der Waals surface area contributed by atoms with Gasteiger partial charge in [-0.15, -0.1) is 0 Å². The molecule has 0 saturated carbocycles. The molecule has 3 N–H and O–H groups in total. The molecule has 1 heterocycles. The number of ether oxygens (including phenoxy) is 1. The van der Waals surface area contributed by atoms with Gasteiger partial charge < -0.3 is 15.4 Å². The van der Waals surface area contributed by atoms with Crippen molar-refractivity contribution in [2.75, 3.05) is 22.6 Å². The average molecular weight is 503 g/mol. The van der Waals surface area contributed by atoms with Gasteiger partial charge in [0.25, 0.3) is 5.91 Å². The number of rotatable bonds is 6. The number of hydrogen-bond acceptors (Lipinski definition) is 6. The molecule has 184 valence electrons. The van der Waals surface area contributed by atoms with Crippen LogP contribution in [0.3, 0.4) is 0 Å². The van der Waals surface area contributed by atoms with Gasteiger partial charge in [-0.3, -0.25) is 10.1 Å². The van der Waals surface area contributed by atoms with Crippen molar-refractivity contribution < 1.29 is 19.1 Å². The minimum absolute atomic E-state index is 0.209. The number of nitrogens with one attached hydrogen (secondary N) is 3. The molecule has 0 aliphatic rings. The van der Waals surface area contributed by atoms with Gasteiger partial charge in [-0.1, -0.05) is 29.0 Å². The highest BCUT2D eigenvalue weighted by atomic mass is 32.1. The van der Waals surface area contributed by atoms with Crippen LogP contribution in [0.1, 0.15) is 44.3 Å². The Morgan fingerprint density at radius 3 is 2.19 bits per heavy atom. The molecule has 36 heavy (non-hydrogen) atoms. The first kappa shape index (κ1) is 24.9. The second-order valence-corrected chi connectivity index (χ2v) is 9.34. The van der Waals surface area contributed by atoms with Crippen molar-refractivity contribution in [3.05, 3.63) is 82.4 Å². The second-order valence-electron chi connectivity index (χ2n) is 8.31. The summed E-state index contributed by atoms with van der Waals surface area (Å²) in [6.07, 6.45) is 0. The third kappa shape index (κ3) is 5.69. The molecule has 0 aliphatic heterocycles. The van der Waals surface area contributed by atoms with Gasteiger partial charge in [0.15, 0.2) is 5.13 Å². The normalized spacial score (nSPS) is 10.7. The van der Waals surface area contributed by atoms with Crippen LogP contribution in [0.2, 0.25) is 0 Å². The Kier molecular flexibility index (Phi) is 7.30. The van der Waals surface area contributed by atoms with Gasteiger partial charge in [0.05, 0.1) is 22.4 Å². The quantitative estimate of drug-likeness (QED) is 0.268. The molecular formula is C27H26N4O4S. The molecule has 3 aromatic carbocycles. The predicted molar refractivity (Wildman–Crippen MR) is 143 cm³/mol. The number of amides is 3. The maximum Gasteiger partial charge on any atom is 0.338 e. The molecule has 4 aromatic rings. The molecule has 0 saturated heterocycles. The standard InChI is InChI=1S/C27H26N4O4S/c1-5-35-25(33)18-6-9-20(10-7-18)28-26(34)31-27-29-21-11-8-19(14-22(21)36-27)24(32)30-23-16(3)12-15(2)13-17(23)4/h6-14H,5H2,1-4H3,(H,30,32)(H2,28,29,31,34). The summed E-state index contributed by atoms with van der Waals surface area (Å²) in [5.41, 5.74) is 6.07. The van der Waals surface area contributed by atoms with Crippen LogP contribution in [0.15, 0.2) is 54.6 Å². The zero-order valence-electron chi connectivity index (χ0n) is 20.4. The monoisotopic (exact) mass is 502 g/mol. The summed E-state index contributed by atoms with van der Waals surface area (Å²) < 4.78 is 5.73. The van der Waals surface area contributed by atoms with Crippen molar-refractivity contribution in [1.82, 2.24) is 4.98 Å². The van der Waals surface area contributed by atoms with E-state index in [9.17, 15) is 14.4 Å². The molecule has 0 unspecified atom stereocenters. The first-order chi connectivity index (χ1) is 17.2. The van der Waals surface area contributed by atoms with Crippen LogP contribution < -0.4 is 16.0 Å². The van der Waals surface area contributed by atoms with Crippen LogP contribution in [0, 0.1) is 20.8 Å². The van der Waals surface area contributed by atoms with E-state index in [0.29, 0.717) is 34.1 Å². The Bertz CT molecular complexity index is 1440. The molecule has 8 nitrogen and oxygen atoms in total. The summed E-state index contributed by atoms with van der Waals surface area (Å²) in [7, 11) is 0. The molecule has 9 heteroatoms. The average Bonchev–Trinajstić information content (AvgIpc) is 3.23. The largest absolute Gasteiger partial charge is 0.462 e. The maximum absolute atomic E-state index is 12.9. The predicted octanol–water partition coefficient (Wildman–Crippen LogP) is 6.29. The molecule has 0 atom stereocenters. The van der Waals surface area contributed by atoms with Crippen LogP contribution in [0.5, 0.6) is 0 Å². The maximum atomic E-state index is 12.9. The summed E-state index contributed by atoms with van der Waals surface area (Å²) in [5.74, 6) is -0.626. The van der Waals surface area contributed by atoms with Gasteiger partial charge in [-0.25, -0.2) is 14.6 Å². The lowest BCUT2D eigenvalue weighted by Crippen LogP contribution is -2.19. The lowest BCUT2D eigenvalue weighted by atomic mass is 10.0. The van der Waals surface area contributed by atoms with E-state index in [1.807, 2.05) is 32.9 Å². The smallest absolute Gasteiger partial charge is 0.338 e. The summed E-state index contributed by atoms with van der Waals surface area (Å²) >= 11 is 1.27. The number of nitrogens with zero attached hydrogens (tertiary/aromatic N) is 1. The van der Waals surface area contributed by atoms with Crippen LogP contribution in [-0.4, -0.2) is 29.5 Å². The number of benzene rings is 3. The van der Waals surface area contributed by atoms with E-state index in [-0.39, 0.29) is 5.91 Å². The van der Waals surface area contributed by atoms with E-state index in [1.54, 1.807) is 49.4 Å². The van der Waals surface area contributed by atoms with E-state index in [2.05, 4.69) is 20.9 Å². The molecule has 3 amide bonds. The summed E-state index contributed by atoms with van der Waals surface area (Å²) in [5, 5.41) is 8.82. The van der Waals surface area contributed by atoms with E-state index in [4.69, 9.17) is 4.74 Å². The van der Waals surface area contributed by atoms with Gasteiger partial charge in [0.2, 0.25) is 0 Å². The van der Waals surface area contributed by atoms with Gasteiger partial charge in [0.1, 0.15) is 0 Å². The van der Waals surface area contributed by atoms with Crippen LogP contribution in [0.25, 0.3) is 10.2 Å². The Balaban J connectivity index is 1.42. The van der Waals surface area contributed by atoms with E-state index < -0.39 is 12.0 Å². The Hall–Kier alpha value is -4.24. The van der Waals surface area contributed by atoms with E-state index >= 15 is 0 Å². The highest BCUT2D eigenvalue weighted by molar-refractivity contribution is 7.22. The number of anilines is 3. The van der Waals surface area contributed by atoms with Crippen LogP contribution >= 0.6 is 11.3 Å². The molecule has 0 aliphatic carbocycles. The fraction of sp³-hybridized carbons (Fsp3) is 0.185. The molecule has 1 aromatic heterocycles. The molecule has 0 fully saturated rings. The molecular weight excluding hydrogens is 476 g/mol. The number of carbonyl (C=O) groups is 3. The zero-order chi connectivity index (χ0) is 25.8. The highest BCUT2D eigenvalue weighted by Gasteiger charge is 2.14. The number of thiazole rings is 1. The zero-order valence-corrected chi connectivity index (χ0v) is 21.2. The van der Waals surface area contributed by atoms with Crippen LogP contribution in [0.4, 0.5) is 21.3 Å². The van der Waals surface area contributed by atoms with Crippen molar-refractivity contribution in [3.8, 4) is 0 Å². The van der Waals surface area contributed by atoms with Crippen molar-refractivity contribution in [1.29, 1.82) is 0 Å². The van der Waals surface area contributed by atoms with Gasteiger partial charge >= 0.3 is 12.0 Å². The number of hydrogen-bond donors (Lipinski definition) is 3. The van der Waals surface area contributed by atoms with Crippen molar-refractivity contribution in [2.45, 2.75) is 27.7 Å². The number of urea groups is 1. The SMILES string of the molecule is CCOC(=O)c1ccc(NC(=O)Nc2nc3ccc(C(=O)Nc4c(C)cc(C)cc4C)cc3s2)cc1. The second kappa shape index (κ2) is 10.6. The summed E-state index contributed by atoms with van der Waals surface area (Å²) in [6.45, 7) is 8.00. The Morgan fingerprint density at radius 1 is 0.861 bits per heavy atom. The van der Waals surface area contributed by atoms with Gasteiger partial charge in [0, 0.05) is 16.9 Å². The highest BCUT2D eigenvalue weighted by Crippen LogP contribution is 2.28. The fourth-order valence-corrected chi connectivity index (χ4v) is 4.75. The first-order valence-electron chi connectivity index (χ1n) is 11.4. The number of fused-ring (bicyclic) bond motifs is 1. The van der Waals surface area contributed by atoms with E-state index in [1.165, 1.54) is 11.3 Å². The summed E-state index contributed by atoms with van der Waals surface area (Å²) in [4.78, 5) is 41.5. The molecule has 0 spiro atoms. The van der Waals surface area contributed by atoms with Crippen molar-refractivity contribution in [2.24, 2.45) is 0 Å². The number of carbonyl (C=O) groups excluding carboxylic acids is 3. The van der Waals surface area contributed by atoms with Crippen LogP contribution in [-0.2, 0) is 4.74 Å². The van der Waals surface area contributed by atoms with Gasteiger partial charge in [-0.05, 0) is 81.3 Å². The minimum atomic E-state index is -0.471. The minimum Gasteiger partial charge on any atom is -0.462 e. The third-order valence-corrected chi connectivity index (χ3v) is 6.37. The lowest BCUT2D eigenvalue weighted by molar-refractivity contribution is 0.0526. The molecule has 0 radical (unpaired) electrons. The molecule has 0 bridgehead atoms. The van der Waals surface area contributed by atoms with Gasteiger partial charge in [-0.2, -0.15) is 0 Å². The number of aromatic nitrogens is 1. The summed E-state index contributed by atoms with van der Waals surface area (Å²) in [6, 6.07) is 15.2. The number of aryl methyl sites for hydroxylation is 3.